The average Bonchev–Trinajstić information content (AvgIpc) is 3.09. The summed E-state index contributed by atoms with van der Waals surface area (Å²) >= 11 is 0. The number of nitrogen functional groups attached to an aromatic ring is 1. The van der Waals surface area contributed by atoms with E-state index in [1.807, 2.05) is 30.3 Å². The third-order valence-corrected chi connectivity index (χ3v) is 4.34. The topological polar surface area (TPSA) is 75.2 Å². The first-order valence-electron chi connectivity index (χ1n) is 8.42. The van der Waals surface area contributed by atoms with Crippen molar-refractivity contribution >= 4 is 16.7 Å². The van der Waals surface area contributed by atoms with Gasteiger partial charge in [0.2, 0.25) is 0 Å². The molecule has 1 aromatic carbocycles. The lowest BCUT2D eigenvalue weighted by Gasteiger charge is -2.18. The molecule has 0 bridgehead atoms. The predicted octanol–water partition coefficient (Wildman–Crippen LogP) is 3.15. The molecule has 25 heavy (non-hydrogen) atoms. The summed E-state index contributed by atoms with van der Waals surface area (Å²) in [6.07, 6.45) is 1.71. The number of ether oxygens (including phenoxy) is 2. The Morgan fingerprint density at radius 2 is 2.12 bits per heavy atom. The van der Waals surface area contributed by atoms with Crippen LogP contribution in [-0.2, 0) is 12.0 Å². The van der Waals surface area contributed by atoms with E-state index in [0.29, 0.717) is 24.8 Å². The molecule has 3 heterocycles. The molecule has 0 unspecified atom stereocenters. The zero-order chi connectivity index (χ0) is 17.6. The van der Waals surface area contributed by atoms with Crippen LogP contribution >= 0.6 is 0 Å². The van der Waals surface area contributed by atoms with Gasteiger partial charge in [0, 0.05) is 16.8 Å². The highest BCUT2D eigenvalue weighted by atomic mass is 16.6. The van der Waals surface area contributed by atoms with Gasteiger partial charge in [-0.15, -0.1) is 0 Å². The highest BCUT2D eigenvalue weighted by Gasteiger charge is 2.27. The van der Waals surface area contributed by atoms with E-state index in [9.17, 15) is 0 Å². The third kappa shape index (κ3) is 2.99. The molecule has 2 aromatic heterocycles. The first kappa shape index (κ1) is 15.7. The monoisotopic (exact) mass is 338 g/mol. The number of nitrogens with zero attached hydrogens (tertiary/aromatic N) is 3. The fourth-order valence-corrected chi connectivity index (χ4v) is 2.97. The number of imidazole rings is 1. The zero-order valence-electron chi connectivity index (χ0n) is 14.7. The molecule has 4 rings (SSSR count). The molecular weight excluding hydrogens is 316 g/mol. The minimum atomic E-state index is -0.0632. The van der Waals surface area contributed by atoms with Crippen molar-refractivity contribution in [2.75, 3.05) is 12.3 Å². The number of aromatic nitrogens is 3. The van der Waals surface area contributed by atoms with Crippen LogP contribution in [0.2, 0.25) is 0 Å². The summed E-state index contributed by atoms with van der Waals surface area (Å²) in [6.45, 7) is 7.59. The molecule has 6 heteroatoms. The molecule has 0 saturated carbocycles. The van der Waals surface area contributed by atoms with Crippen LogP contribution in [0.1, 0.15) is 26.5 Å². The molecule has 1 aliphatic rings. The maximum atomic E-state index is 5.90. The Balaban J connectivity index is 1.41. The van der Waals surface area contributed by atoms with E-state index in [4.69, 9.17) is 15.2 Å². The summed E-state index contributed by atoms with van der Waals surface area (Å²) in [5.74, 6) is 0.749. The lowest BCUT2D eigenvalue weighted by molar-refractivity contribution is 0.143. The predicted molar refractivity (Wildman–Crippen MR) is 97.0 cm³/mol. The van der Waals surface area contributed by atoms with Gasteiger partial charge in [0.05, 0.1) is 23.8 Å². The number of fused-ring (bicyclic) bond motifs is 3. The van der Waals surface area contributed by atoms with Crippen molar-refractivity contribution < 1.29 is 9.47 Å². The summed E-state index contributed by atoms with van der Waals surface area (Å²) in [6, 6.07) is 10.3. The summed E-state index contributed by atoms with van der Waals surface area (Å²) in [5, 5.41) is 0. The SMILES string of the molecule is CC(C)(C)c1ccc(OC[C@@H]2Cn3c(nc4cc(N)ccc43)O2)cn1. The van der Waals surface area contributed by atoms with Crippen molar-refractivity contribution in [1.82, 2.24) is 14.5 Å². The van der Waals surface area contributed by atoms with Crippen molar-refractivity contribution in [2.45, 2.75) is 38.8 Å². The highest BCUT2D eigenvalue weighted by molar-refractivity contribution is 5.80. The summed E-state index contributed by atoms with van der Waals surface area (Å²) < 4.78 is 13.8. The maximum Gasteiger partial charge on any atom is 0.297 e. The van der Waals surface area contributed by atoms with Crippen molar-refractivity contribution in [3.8, 4) is 11.8 Å². The van der Waals surface area contributed by atoms with E-state index in [1.54, 1.807) is 6.20 Å². The zero-order valence-corrected chi connectivity index (χ0v) is 14.7. The van der Waals surface area contributed by atoms with E-state index < -0.39 is 0 Å². The van der Waals surface area contributed by atoms with Crippen LogP contribution in [0.4, 0.5) is 5.69 Å². The highest BCUT2D eigenvalue weighted by Crippen LogP contribution is 2.29. The fourth-order valence-electron chi connectivity index (χ4n) is 2.97. The molecule has 6 nitrogen and oxygen atoms in total. The maximum absolute atomic E-state index is 5.90. The van der Waals surface area contributed by atoms with Gasteiger partial charge in [0.15, 0.2) is 6.10 Å². The Bertz CT molecular complexity index is 910. The lowest BCUT2D eigenvalue weighted by atomic mass is 9.92. The van der Waals surface area contributed by atoms with Crippen LogP contribution in [0, 0.1) is 0 Å². The van der Waals surface area contributed by atoms with Gasteiger partial charge in [0.25, 0.3) is 6.01 Å². The van der Waals surface area contributed by atoms with Crippen LogP contribution in [-0.4, -0.2) is 27.2 Å². The quantitative estimate of drug-likeness (QED) is 0.743. The van der Waals surface area contributed by atoms with Crippen molar-refractivity contribution in [3.63, 3.8) is 0 Å². The smallest absolute Gasteiger partial charge is 0.297 e. The molecule has 2 N–H and O–H groups in total. The molecule has 1 aliphatic heterocycles. The van der Waals surface area contributed by atoms with Gasteiger partial charge in [-0.2, -0.15) is 4.98 Å². The molecule has 0 spiro atoms. The molecule has 0 aliphatic carbocycles. The van der Waals surface area contributed by atoms with Crippen LogP contribution in [0.25, 0.3) is 11.0 Å². The number of anilines is 1. The van der Waals surface area contributed by atoms with Crippen molar-refractivity contribution in [2.24, 2.45) is 0 Å². The standard InChI is InChI=1S/C19H22N4O2/c1-19(2,3)17-7-5-13(9-21-17)24-11-14-10-23-16-6-4-12(20)8-15(16)22-18(23)25-14/h4-9,14H,10-11,20H2,1-3H3/t14-/m0/s1. The van der Waals surface area contributed by atoms with Crippen molar-refractivity contribution in [3.05, 3.63) is 42.2 Å². The van der Waals surface area contributed by atoms with Gasteiger partial charge >= 0.3 is 0 Å². The van der Waals surface area contributed by atoms with Gasteiger partial charge in [-0.25, -0.2) is 0 Å². The van der Waals surface area contributed by atoms with Crippen molar-refractivity contribution in [1.29, 1.82) is 0 Å². The molecular formula is C19H22N4O2. The number of rotatable bonds is 3. The Kier molecular flexibility index (Phi) is 3.56. The fraction of sp³-hybridized carbons (Fsp3) is 0.368. The minimum absolute atomic E-state index is 0.0345. The van der Waals surface area contributed by atoms with Crippen LogP contribution < -0.4 is 15.2 Å². The molecule has 0 radical (unpaired) electrons. The molecule has 0 saturated heterocycles. The molecule has 130 valence electrons. The second kappa shape index (κ2) is 5.65. The van der Waals surface area contributed by atoms with Crippen LogP contribution in [0.5, 0.6) is 11.8 Å². The second-order valence-corrected chi connectivity index (χ2v) is 7.43. The van der Waals surface area contributed by atoms with Crippen LogP contribution in [0.3, 0.4) is 0 Å². The normalized spacial score (nSPS) is 16.7. The Hall–Kier alpha value is -2.76. The van der Waals surface area contributed by atoms with E-state index >= 15 is 0 Å². The molecule has 3 aromatic rings. The number of hydrogen-bond acceptors (Lipinski definition) is 5. The number of pyridine rings is 1. The van der Waals surface area contributed by atoms with Gasteiger partial charge in [-0.3, -0.25) is 9.55 Å². The first-order chi connectivity index (χ1) is 11.9. The van der Waals surface area contributed by atoms with Crippen LogP contribution in [0.15, 0.2) is 36.5 Å². The number of nitrogens with two attached hydrogens (primary N) is 1. The Labute approximate surface area is 146 Å². The van der Waals surface area contributed by atoms with E-state index in [2.05, 4.69) is 35.3 Å². The molecule has 1 atom stereocenters. The minimum Gasteiger partial charge on any atom is -0.488 e. The largest absolute Gasteiger partial charge is 0.488 e. The lowest BCUT2D eigenvalue weighted by Crippen LogP contribution is -2.23. The van der Waals surface area contributed by atoms with E-state index in [0.717, 1.165) is 22.5 Å². The third-order valence-electron chi connectivity index (χ3n) is 4.34. The Morgan fingerprint density at radius 1 is 1.28 bits per heavy atom. The van der Waals surface area contributed by atoms with Gasteiger partial charge in [0.1, 0.15) is 12.4 Å². The summed E-state index contributed by atoms with van der Waals surface area (Å²) in [4.78, 5) is 8.97. The number of benzene rings is 1. The summed E-state index contributed by atoms with van der Waals surface area (Å²) in [7, 11) is 0. The summed E-state index contributed by atoms with van der Waals surface area (Å²) in [5.41, 5.74) is 9.47. The van der Waals surface area contributed by atoms with E-state index in [1.165, 1.54) is 0 Å². The van der Waals surface area contributed by atoms with Gasteiger partial charge < -0.3 is 15.2 Å². The average molecular weight is 338 g/mol. The molecule has 0 amide bonds. The van der Waals surface area contributed by atoms with E-state index in [-0.39, 0.29) is 11.5 Å². The Morgan fingerprint density at radius 3 is 2.84 bits per heavy atom. The number of hydrogen-bond donors (Lipinski definition) is 1. The second-order valence-electron chi connectivity index (χ2n) is 7.43. The first-order valence-corrected chi connectivity index (χ1v) is 8.42. The van der Waals surface area contributed by atoms with Gasteiger partial charge in [-0.05, 0) is 30.3 Å². The van der Waals surface area contributed by atoms with Gasteiger partial charge in [-0.1, -0.05) is 20.8 Å². The molecule has 0 fully saturated rings.